The molecule has 0 aliphatic heterocycles. The monoisotopic (exact) mass is 370 g/mol. The molecule has 1 aromatic rings. The molecule has 1 saturated carbocycles. The standard InChI is InChI=1S/C17H23ClN2O5/c1-3-20(9-15(21)22)12-7-11(8-12)19-17(24)10-5-13(18)16(23)14(6-10)25-4-2/h5-6,11-12,23H,3-4,7-9H2,1-2H3,(H,19,24)(H,21,22). The van der Waals surface area contributed by atoms with Gasteiger partial charge in [-0.1, -0.05) is 18.5 Å². The van der Waals surface area contributed by atoms with Crippen LogP contribution in [0.25, 0.3) is 0 Å². The van der Waals surface area contributed by atoms with Crippen molar-refractivity contribution in [2.24, 2.45) is 0 Å². The molecule has 3 N–H and O–H groups in total. The zero-order valence-corrected chi connectivity index (χ0v) is 15.0. The van der Waals surface area contributed by atoms with Gasteiger partial charge >= 0.3 is 5.97 Å². The highest BCUT2D eigenvalue weighted by Crippen LogP contribution is 2.35. The molecule has 1 aromatic carbocycles. The van der Waals surface area contributed by atoms with Gasteiger partial charge in [-0.15, -0.1) is 0 Å². The van der Waals surface area contributed by atoms with Gasteiger partial charge in [-0.3, -0.25) is 14.5 Å². The zero-order chi connectivity index (χ0) is 18.6. The molecule has 1 amide bonds. The summed E-state index contributed by atoms with van der Waals surface area (Å²) in [5, 5.41) is 21.7. The van der Waals surface area contributed by atoms with Crippen LogP contribution in [0, 0.1) is 0 Å². The Morgan fingerprint density at radius 1 is 1.36 bits per heavy atom. The predicted molar refractivity (Wildman–Crippen MR) is 93.4 cm³/mol. The lowest BCUT2D eigenvalue weighted by Gasteiger charge is -2.42. The summed E-state index contributed by atoms with van der Waals surface area (Å²) in [6.45, 7) is 4.69. The van der Waals surface area contributed by atoms with Crippen LogP contribution in [0.4, 0.5) is 0 Å². The number of rotatable bonds is 8. The largest absolute Gasteiger partial charge is 0.503 e. The molecule has 0 unspecified atom stereocenters. The number of carboxylic acid groups (broad SMARTS) is 1. The normalized spacial score (nSPS) is 19.4. The Morgan fingerprint density at radius 2 is 2.04 bits per heavy atom. The van der Waals surface area contributed by atoms with E-state index in [1.54, 1.807) is 6.92 Å². The second-order valence-corrected chi connectivity index (χ2v) is 6.40. The van der Waals surface area contributed by atoms with Crippen molar-refractivity contribution in [3.05, 3.63) is 22.7 Å². The quantitative estimate of drug-likeness (QED) is 0.648. The highest BCUT2D eigenvalue weighted by atomic mass is 35.5. The van der Waals surface area contributed by atoms with E-state index < -0.39 is 5.97 Å². The van der Waals surface area contributed by atoms with Gasteiger partial charge in [-0.05, 0) is 38.4 Å². The van der Waals surface area contributed by atoms with Crippen LogP contribution in [0.15, 0.2) is 12.1 Å². The second-order valence-electron chi connectivity index (χ2n) is 5.99. The van der Waals surface area contributed by atoms with Crippen molar-refractivity contribution in [2.75, 3.05) is 19.7 Å². The fourth-order valence-corrected chi connectivity index (χ4v) is 3.13. The SMILES string of the molecule is CCOc1cc(C(=O)NC2CC(N(CC)CC(=O)O)C2)cc(Cl)c1O. The first-order valence-corrected chi connectivity index (χ1v) is 8.65. The third-order valence-electron chi connectivity index (χ3n) is 4.30. The molecule has 1 aliphatic rings. The first kappa shape index (κ1) is 19.3. The number of nitrogens with one attached hydrogen (secondary N) is 1. The van der Waals surface area contributed by atoms with Crippen molar-refractivity contribution in [1.29, 1.82) is 0 Å². The van der Waals surface area contributed by atoms with E-state index in [2.05, 4.69) is 5.32 Å². The Hall–Kier alpha value is -1.99. The first-order chi connectivity index (χ1) is 11.8. The van der Waals surface area contributed by atoms with Crippen molar-refractivity contribution < 1.29 is 24.5 Å². The third-order valence-corrected chi connectivity index (χ3v) is 4.59. The van der Waals surface area contributed by atoms with E-state index in [0.29, 0.717) is 31.6 Å². The average Bonchev–Trinajstić information content (AvgIpc) is 2.52. The topological polar surface area (TPSA) is 99.1 Å². The van der Waals surface area contributed by atoms with Crippen molar-refractivity contribution >= 4 is 23.5 Å². The van der Waals surface area contributed by atoms with Gasteiger partial charge < -0.3 is 20.3 Å². The molecule has 0 saturated heterocycles. The number of hydrogen-bond acceptors (Lipinski definition) is 5. The summed E-state index contributed by atoms with van der Waals surface area (Å²) in [4.78, 5) is 25.1. The number of halogens is 1. The number of carbonyl (C=O) groups excluding carboxylic acids is 1. The Balaban J connectivity index is 1.95. The van der Waals surface area contributed by atoms with Gasteiger partial charge in [0.25, 0.3) is 5.91 Å². The van der Waals surface area contributed by atoms with Gasteiger partial charge in [0.1, 0.15) is 0 Å². The number of benzene rings is 1. The first-order valence-electron chi connectivity index (χ1n) is 8.27. The maximum atomic E-state index is 12.4. The van der Waals surface area contributed by atoms with Crippen molar-refractivity contribution in [2.45, 2.75) is 38.8 Å². The van der Waals surface area contributed by atoms with Gasteiger partial charge in [0.15, 0.2) is 11.5 Å². The maximum Gasteiger partial charge on any atom is 0.317 e. The van der Waals surface area contributed by atoms with Crippen LogP contribution in [0.1, 0.15) is 37.0 Å². The Kier molecular flexibility index (Phi) is 6.50. The predicted octanol–water partition coefficient (Wildman–Crippen LogP) is 2.11. The van der Waals surface area contributed by atoms with Gasteiger partial charge in [0.05, 0.1) is 18.2 Å². The lowest BCUT2D eigenvalue weighted by molar-refractivity contribution is -0.139. The van der Waals surface area contributed by atoms with E-state index in [1.165, 1.54) is 12.1 Å². The van der Waals surface area contributed by atoms with Gasteiger partial charge in [0.2, 0.25) is 0 Å². The van der Waals surface area contributed by atoms with Crippen LogP contribution in [0.5, 0.6) is 11.5 Å². The Morgan fingerprint density at radius 3 is 2.60 bits per heavy atom. The number of hydrogen-bond donors (Lipinski definition) is 3. The van der Waals surface area contributed by atoms with Crippen LogP contribution in [0.3, 0.4) is 0 Å². The Bertz CT molecular complexity index is 646. The summed E-state index contributed by atoms with van der Waals surface area (Å²) in [7, 11) is 0. The summed E-state index contributed by atoms with van der Waals surface area (Å²) in [5.41, 5.74) is 0.313. The van der Waals surface area contributed by atoms with E-state index in [4.69, 9.17) is 21.4 Å². The molecular weight excluding hydrogens is 348 g/mol. The minimum Gasteiger partial charge on any atom is -0.503 e. The zero-order valence-electron chi connectivity index (χ0n) is 14.3. The molecule has 138 valence electrons. The lowest BCUT2D eigenvalue weighted by atomic mass is 9.85. The van der Waals surface area contributed by atoms with Crippen molar-refractivity contribution in [3.8, 4) is 11.5 Å². The lowest BCUT2D eigenvalue weighted by Crippen LogP contribution is -2.54. The maximum absolute atomic E-state index is 12.4. The van der Waals surface area contributed by atoms with Crippen LogP contribution in [-0.4, -0.2) is 58.8 Å². The van der Waals surface area contributed by atoms with E-state index in [9.17, 15) is 14.7 Å². The molecule has 0 radical (unpaired) electrons. The van der Waals surface area contributed by atoms with E-state index in [1.807, 2.05) is 11.8 Å². The minimum absolute atomic E-state index is 0.00706. The van der Waals surface area contributed by atoms with Gasteiger partial charge in [-0.25, -0.2) is 0 Å². The molecule has 1 fully saturated rings. The van der Waals surface area contributed by atoms with Crippen molar-refractivity contribution in [3.63, 3.8) is 0 Å². The number of carboxylic acids is 1. The molecule has 25 heavy (non-hydrogen) atoms. The molecule has 0 spiro atoms. The number of likely N-dealkylation sites (N-methyl/N-ethyl adjacent to an activating group) is 1. The molecular formula is C17H23ClN2O5. The van der Waals surface area contributed by atoms with E-state index in [-0.39, 0.29) is 41.1 Å². The van der Waals surface area contributed by atoms with E-state index in [0.717, 1.165) is 0 Å². The number of phenols is 1. The molecule has 8 heteroatoms. The molecule has 2 rings (SSSR count). The average molecular weight is 371 g/mol. The number of ether oxygens (including phenoxy) is 1. The smallest absolute Gasteiger partial charge is 0.317 e. The number of amides is 1. The number of carbonyl (C=O) groups is 2. The third kappa shape index (κ3) is 4.76. The highest BCUT2D eigenvalue weighted by Gasteiger charge is 2.34. The molecule has 0 atom stereocenters. The summed E-state index contributed by atoms with van der Waals surface area (Å²) >= 11 is 5.94. The molecule has 1 aliphatic carbocycles. The Labute approximate surface area is 151 Å². The number of aliphatic carboxylic acids is 1. The molecule has 7 nitrogen and oxygen atoms in total. The second kappa shape index (κ2) is 8.40. The number of phenolic OH excluding ortho intramolecular Hbond substituents is 1. The minimum atomic E-state index is -0.850. The summed E-state index contributed by atoms with van der Waals surface area (Å²) in [6, 6.07) is 3.00. The van der Waals surface area contributed by atoms with Crippen LogP contribution in [0.2, 0.25) is 5.02 Å². The molecule has 0 aromatic heterocycles. The summed E-state index contributed by atoms with van der Waals surface area (Å²) in [5.74, 6) is -1.16. The number of nitrogens with zero attached hydrogens (tertiary/aromatic N) is 1. The van der Waals surface area contributed by atoms with Crippen molar-refractivity contribution in [1.82, 2.24) is 10.2 Å². The fraction of sp³-hybridized carbons (Fsp3) is 0.529. The van der Waals surface area contributed by atoms with Crippen LogP contribution < -0.4 is 10.1 Å². The van der Waals surface area contributed by atoms with Crippen LogP contribution >= 0.6 is 11.6 Å². The highest BCUT2D eigenvalue weighted by molar-refractivity contribution is 6.32. The summed E-state index contributed by atoms with van der Waals surface area (Å²) < 4.78 is 5.28. The van der Waals surface area contributed by atoms with Crippen LogP contribution in [-0.2, 0) is 4.79 Å². The van der Waals surface area contributed by atoms with E-state index >= 15 is 0 Å². The fourth-order valence-electron chi connectivity index (χ4n) is 2.92. The molecule has 0 bridgehead atoms. The van der Waals surface area contributed by atoms with Gasteiger partial charge in [-0.2, -0.15) is 0 Å². The number of aromatic hydroxyl groups is 1. The van der Waals surface area contributed by atoms with Gasteiger partial charge in [0, 0.05) is 17.6 Å². The molecule has 0 heterocycles. The summed E-state index contributed by atoms with van der Waals surface area (Å²) in [6.07, 6.45) is 1.41.